The summed E-state index contributed by atoms with van der Waals surface area (Å²) in [4.78, 5) is 13.6. The first-order valence-electron chi connectivity index (χ1n) is 5.32. The maximum absolute atomic E-state index is 12.0. The quantitative estimate of drug-likeness (QED) is 0.680. The molecule has 1 amide bonds. The standard InChI is InChI=1S/C12H21NO2/c1-5-9-12(15,10-6-2)11(14)13(7-3)8-4/h5-6,10,15H,1,7-9H2,2-4H3/b10-6+. The normalized spacial score (nSPS) is 14.9. The van der Waals surface area contributed by atoms with E-state index >= 15 is 0 Å². The summed E-state index contributed by atoms with van der Waals surface area (Å²) < 4.78 is 0. The second-order valence-corrected chi connectivity index (χ2v) is 3.39. The maximum Gasteiger partial charge on any atom is 0.258 e. The van der Waals surface area contributed by atoms with Gasteiger partial charge in [0, 0.05) is 19.5 Å². The first-order valence-corrected chi connectivity index (χ1v) is 5.32. The molecule has 0 saturated heterocycles. The number of rotatable bonds is 6. The van der Waals surface area contributed by atoms with Gasteiger partial charge in [0.25, 0.3) is 5.91 Å². The molecule has 86 valence electrons. The number of nitrogens with zero attached hydrogens (tertiary/aromatic N) is 1. The first-order chi connectivity index (χ1) is 7.05. The number of likely N-dealkylation sites (N-methyl/N-ethyl adjacent to an activating group) is 1. The largest absolute Gasteiger partial charge is 0.376 e. The van der Waals surface area contributed by atoms with Gasteiger partial charge in [-0.05, 0) is 26.8 Å². The van der Waals surface area contributed by atoms with Crippen LogP contribution in [-0.2, 0) is 4.79 Å². The van der Waals surface area contributed by atoms with E-state index in [-0.39, 0.29) is 12.3 Å². The zero-order chi connectivity index (χ0) is 11.9. The Morgan fingerprint density at radius 1 is 1.47 bits per heavy atom. The number of amides is 1. The molecule has 0 aromatic rings. The summed E-state index contributed by atoms with van der Waals surface area (Å²) in [5.41, 5.74) is -1.43. The first kappa shape index (κ1) is 13.9. The molecule has 0 rings (SSSR count). The van der Waals surface area contributed by atoms with Crippen molar-refractivity contribution in [3.05, 3.63) is 24.8 Å². The number of hydrogen-bond acceptors (Lipinski definition) is 2. The van der Waals surface area contributed by atoms with Gasteiger partial charge in [-0.2, -0.15) is 0 Å². The lowest BCUT2D eigenvalue weighted by molar-refractivity contribution is -0.145. The van der Waals surface area contributed by atoms with Crippen molar-refractivity contribution >= 4 is 5.91 Å². The second-order valence-electron chi connectivity index (χ2n) is 3.39. The second kappa shape index (κ2) is 6.40. The van der Waals surface area contributed by atoms with Gasteiger partial charge in [0.05, 0.1) is 0 Å². The Kier molecular flexibility index (Phi) is 5.94. The van der Waals surface area contributed by atoms with Crippen LogP contribution in [-0.4, -0.2) is 34.6 Å². The average molecular weight is 211 g/mol. The number of allylic oxidation sites excluding steroid dienone is 1. The van der Waals surface area contributed by atoms with Crippen LogP contribution in [0, 0.1) is 0 Å². The molecule has 1 unspecified atom stereocenters. The SMILES string of the molecule is C=CCC(O)(/C=C/C)C(=O)N(CC)CC. The van der Waals surface area contributed by atoms with Crippen LogP contribution in [0.2, 0.25) is 0 Å². The van der Waals surface area contributed by atoms with Gasteiger partial charge in [0.15, 0.2) is 5.60 Å². The smallest absolute Gasteiger partial charge is 0.258 e. The lowest BCUT2D eigenvalue weighted by Crippen LogP contribution is -2.47. The lowest BCUT2D eigenvalue weighted by atomic mass is 9.97. The fourth-order valence-corrected chi connectivity index (χ4v) is 1.51. The van der Waals surface area contributed by atoms with Gasteiger partial charge in [-0.25, -0.2) is 0 Å². The molecule has 0 bridgehead atoms. The van der Waals surface area contributed by atoms with Gasteiger partial charge >= 0.3 is 0 Å². The summed E-state index contributed by atoms with van der Waals surface area (Å²) in [5, 5.41) is 10.2. The van der Waals surface area contributed by atoms with Crippen molar-refractivity contribution < 1.29 is 9.90 Å². The Hall–Kier alpha value is -1.09. The molecule has 0 saturated carbocycles. The molecule has 0 aliphatic heterocycles. The van der Waals surface area contributed by atoms with Gasteiger partial charge in [-0.3, -0.25) is 4.79 Å². The minimum atomic E-state index is -1.43. The molecular weight excluding hydrogens is 190 g/mol. The van der Waals surface area contributed by atoms with E-state index in [0.717, 1.165) is 0 Å². The van der Waals surface area contributed by atoms with Crippen molar-refractivity contribution in [2.24, 2.45) is 0 Å². The molecule has 3 nitrogen and oxygen atoms in total. The van der Waals surface area contributed by atoms with E-state index < -0.39 is 5.60 Å². The minimum Gasteiger partial charge on any atom is -0.376 e. The van der Waals surface area contributed by atoms with Crippen LogP contribution in [0.5, 0.6) is 0 Å². The summed E-state index contributed by atoms with van der Waals surface area (Å²) in [5.74, 6) is -0.259. The third-order valence-electron chi connectivity index (χ3n) is 2.32. The van der Waals surface area contributed by atoms with Crippen LogP contribution in [0.3, 0.4) is 0 Å². The van der Waals surface area contributed by atoms with E-state index in [2.05, 4.69) is 6.58 Å². The van der Waals surface area contributed by atoms with E-state index in [1.807, 2.05) is 13.8 Å². The lowest BCUT2D eigenvalue weighted by Gasteiger charge is -2.29. The molecule has 1 atom stereocenters. The van der Waals surface area contributed by atoms with Gasteiger partial charge in [0.1, 0.15) is 0 Å². The van der Waals surface area contributed by atoms with E-state index in [4.69, 9.17) is 0 Å². The van der Waals surface area contributed by atoms with Crippen molar-refractivity contribution in [1.82, 2.24) is 4.90 Å². The van der Waals surface area contributed by atoms with Gasteiger partial charge < -0.3 is 10.0 Å². The number of hydrogen-bond donors (Lipinski definition) is 1. The molecular formula is C12H21NO2. The fraction of sp³-hybridized carbons (Fsp3) is 0.583. The van der Waals surface area contributed by atoms with Crippen LogP contribution < -0.4 is 0 Å². The van der Waals surface area contributed by atoms with Gasteiger partial charge in [-0.1, -0.05) is 12.2 Å². The third-order valence-corrected chi connectivity index (χ3v) is 2.32. The molecule has 0 spiro atoms. The van der Waals surface area contributed by atoms with Crippen molar-refractivity contribution in [3.8, 4) is 0 Å². The topological polar surface area (TPSA) is 40.5 Å². The molecule has 0 fully saturated rings. The molecule has 0 aliphatic rings. The Balaban J connectivity index is 4.90. The molecule has 0 aliphatic carbocycles. The monoisotopic (exact) mass is 211 g/mol. The van der Waals surface area contributed by atoms with Crippen LogP contribution in [0.1, 0.15) is 27.2 Å². The number of carbonyl (C=O) groups is 1. The zero-order valence-corrected chi connectivity index (χ0v) is 9.86. The highest BCUT2D eigenvalue weighted by Gasteiger charge is 2.34. The zero-order valence-electron chi connectivity index (χ0n) is 9.86. The highest BCUT2D eigenvalue weighted by Crippen LogP contribution is 2.17. The predicted molar refractivity (Wildman–Crippen MR) is 62.5 cm³/mol. The van der Waals surface area contributed by atoms with Crippen LogP contribution in [0.15, 0.2) is 24.8 Å². The molecule has 0 aromatic heterocycles. The highest BCUT2D eigenvalue weighted by molar-refractivity contribution is 5.87. The fourth-order valence-electron chi connectivity index (χ4n) is 1.51. The van der Waals surface area contributed by atoms with Gasteiger partial charge in [0.2, 0.25) is 0 Å². The van der Waals surface area contributed by atoms with Crippen molar-refractivity contribution in [2.75, 3.05) is 13.1 Å². The van der Waals surface area contributed by atoms with E-state index in [1.54, 1.807) is 24.0 Å². The minimum absolute atomic E-state index is 0.243. The van der Waals surface area contributed by atoms with Gasteiger partial charge in [-0.15, -0.1) is 6.58 Å². The maximum atomic E-state index is 12.0. The van der Waals surface area contributed by atoms with Crippen LogP contribution in [0.25, 0.3) is 0 Å². The van der Waals surface area contributed by atoms with Crippen LogP contribution >= 0.6 is 0 Å². The molecule has 1 N–H and O–H groups in total. The van der Waals surface area contributed by atoms with E-state index in [1.165, 1.54) is 6.08 Å². The van der Waals surface area contributed by atoms with Crippen molar-refractivity contribution in [3.63, 3.8) is 0 Å². The summed E-state index contributed by atoms with van der Waals surface area (Å²) in [6.45, 7) is 10.3. The number of carbonyl (C=O) groups excluding carboxylic acids is 1. The third kappa shape index (κ3) is 3.51. The predicted octanol–water partition coefficient (Wildman–Crippen LogP) is 1.74. The molecule has 0 aromatic carbocycles. The molecule has 0 heterocycles. The summed E-state index contributed by atoms with van der Waals surface area (Å²) >= 11 is 0. The Bertz CT molecular complexity index is 244. The Morgan fingerprint density at radius 2 is 2.00 bits per heavy atom. The van der Waals surface area contributed by atoms with Crippen molar-refractivity contribution in [2.45, 2.75) is 32.8 Å². The summed E-state index contributed by atoms with van der Waals surface area (Å²) in [7, 11) is 0. The van der Waals surface area contributed by atoms with Crippen LogP contribution in [0.4, 0.5) is 0 Å². The van der Waals surface area contributed by atoms with E-state index in [0.29, 0.717) is 13.1 Å². The Labute approximate surface area is 92.1 Å². The van der Waals surface area contributed by atoms with Crippen molar-refractivity contribution in [1.29, 1.82) is 0 Å². The van der Waals surface area contributed by atoms with E-state index in [9.17, 15) is 9.90 Å². The average Bonchev–Trinajstić information content (AvgIpc) is 2.20. The summed E-state index contributed by atoms with van der Waals surface area (Å²) in [6.07, 6.45) is 5.01. The highest BCUT2D eigenvalue weighted by atomic mass is 16.3. The number of aliphatic hydroxyl groups is 1. The molecule has 3 heteroatoms. The Morgan fingerprint density at radius 3 is 2.33 bits per heavy atom. The molecule has 15 heavy (non-hydrogen) atoms. The molecule has 0 radical (unpaired) electrons. The summed E-state index contributed by atoms with van der Waals surface area (Å²) in [6, 6.07) is 0.